The summed E-state index contributed by atoms with van der Waals surface area (Å²) in [6, 6.07) is 4.21. The van der Waals surface area contributed by atoms with Crippen LogP contribution in [-0.4, -0.2) is 39.0 Å². The molecule has 0 spiro atoms. The Hall–Kier alpha value is -0.820. The van der Waals surface area contributed by atoms with E-state index in [4.69, 9.17) is 22.1 Å². The van der Waals surface area contributed by atoms with Gasteiger partial charge in [-0.15, -0.1) is 0 Å². The van der Waals surface area contributed by atoms with Crippen molar-refractivity contribution >= 4 is 27.3 Å². The maximum absolute atomic E-state index is 12.4. The van der Waals surface area contributed by atoms with E-state index in [0.717, 1.165) is 0 Å². The van der Waals surface area contributed by atoms with Gasteiger partial charge in [-0.2, -0.15) is 4.31 Å². The van der Waals surface area contributed by atoms with E-state index in [1.54, 1.807) is 7.05 Å². The quantitative estimate of drug-likeness (QED) is 0.853. The van der Waals surface area contributed by atoms with Crippen molar-refractivity contribution in [1.29, 1.82) is 0 Å². The molecule has 1 heterocycles. The Bertz CT molecular complexity index is 541. The summed E-state index contributed by atoms with van der Waals surface area (Å²) in [5.41, 5.74) is 5.89. The van der Waals surface area contributed by atoms with E-state index in [1.807, 2.05) is 0 Å². The molecular formula is C11H15ClN2O3S. The Morgan fingerprint density at radius 3 is 2.78 bits per heavy atom. The van der Waals surface area contributed by atoms with E-state index in [9.17, 15) is 8.42 Å². The van der Waals surface area contributed by atoms with Crippen LogP contribution in [0.4, 0.5) is 5.69 Å². The molecule has 0 radical (unpaired) electrons. The predicted molar refractivity (Wildman–Crippen MR) is 70.0 cm³/mol. The molecule has 0 amide bonds. The first kappa shape index (κ1) is 13.6. The number of nitrogen functional groups attached to an aromatic ring is 1. The molecule has 2 N–H and O–H groups in total. The molecule has 1 aromatic rings. The number of hydrogen-bond acceptors (Lipinski definition) is 4. The molecule has 1 fully saturated rings. The maximum atomic E-state index is 12.4. The van der Waals surface area contributed by atoms with E-state index in [-0.39, 0.29) is 16.6 Å². The molecule has 1 atom stereocenters. The van der Waals surface area contributed by atoms with Crippen LogP contribution in [0.25, 0.3) is 0 Å². The monoisotopic (exact) mass is 290 g/mol. The molecule has 2 rings (SSSR count). The molecule has 1 saturated heterocycles. The minimum Gasteiger partial charge on any atom is -0.397 e. The number of hydrogen-bond donors (Lipinski definition) is 1. The minimum absolute atomic E-state index is 0.119. The van der Waals surface area contributed by atoms with Crippen LogP contribution >= 0.6 is 11.6 Å². The molecule has 5 nitrogen and oxygen atoms in total. The Morgan fingerprint density at radius 1 is 1.50 bits per heavy atom. The second-order valence-corrected chi connectivity index (χ2v) is 6.63. The van der Waals surface area contributed by atoms with Gasteiger partial charge < -0.3 is 10.5 Å². The van der Waals surface area contributed by atoms with Crippen molar-refractivity contribution in [2.45, 2.75) is 17.4 Å². The first-order chi connectivity index (χ1) is 8.43. The Kier molecular flexibility index (Phi) is 3.82. The number of ether oxygens (including phenoxy) is 1. The second-order valence-electron chi connectivity index (χ2n) is 4.22. The number of rotatable bonds is 3. The molecular weight excluding hydrogens is 276 g/mol. The summed E-state index contributed by atoms with van der Waals surface area (Å²) in [7, 11) is -1.99. The molecule has 1 aliphatic heterocycles. The zero-order valence-electron chi connectivity index (χ0n) is 9.97. The van der Waals surface area contributed by atoms with Gasteiger partial charge in [-0.05, 0) is 24.6 Å². The number of sulfonamides is 1. The normalized spacial score (nSPS) is 20.5. The van der Waals surface area contributed by atoms with E-state index in [2.05, 4.69) is 0 Å². The fraction of sp³-hybridized carbons (Fsp3) is 0.455. The highest BCUT2D eigenvalue weighted by atomic mass is 35.5. The number of halogens is 1. The van der Waals surface area contributed by atoms with Gasteiger partial charge >= 0.3 is 0 Å². The fourth-order valence-corrected chi connectivity index (χ4v) is 3.38. The molecule has 1 unspecified atom stereocenters. The molecule has 0 saturated carbocycles. The van der Waals surface area contributed by atoms with Gasteiger partial charge in [0, 0.05) is 13.7 Å². The van der Waals surface area contributed by atoms with Crippen molar-refractivity contribution in [2.75, 3.05) is 26.0 Å². The molecule has 0 bridgehead atoms. The summed E-state index contributed by atoms with van der Waals surface area (Å²) in [6.07, 6.45) is 0.707. The number of nitrogens with two attached hydrogens (primary N) is 1. The van der Waals surface area contributed by atoms with Gasteiger partial charge in [0.05, 0.1) is 28.3 Å². The van der Waals surface area contributed by atoms with Crippen LogP contribution in [0, 0.1) is 0 Å². The molecule has 1 aromatic carbocycles. The van der Waals surface area contributed by atoms with Gasteiger partial charge in [0.15, 0.2) is 0 Å². The molecule has 7 heteroatoms. The van der Waals surface area contributed by atoms with E-state index >= 15 is 0 Å². The zero-order valence-corrected chi connectivity index (χ0v) is 11.5. The fourth-order valence-electron chi connectivity index (χ4n) is 1.85. The smallest absolute Gasteiger partial charge is 0.243 e. The van der Waals surface area contributed by atoms with Crippen LogP contribution in [-0.2, 0) is 14.8 Å². The third-order valence-electron chi connectivity index (χ3n) is 3.06. The van der Waals surface area contributed by atoms with Crippen LogP contribution in [0.3, 0.4) is 0 Å². The van der Waals surface area contributed by atoms with Crippen molar-refractivity contribution in [3.63, 3.8) is 0 Å². The Labute approximate surface area is 112 Å². The predicted octanol–water partition coefficient (Wildman–Crippen LogP) is 1.33. The average Bonchev–Trinajstić information content (AvgIpc) is 2.85. The van der Waals surface area contributed by atoms with Crippen molar-refractivity contribution in [3.05, 3.63) is 23.2 Å². The van der Waals surface area contributed by atoms with E-state index in [0.29, 0.717) is 24.7 Å². The first-order valence-electron chi connectivity index (χ1n) is 5.53. The number of benzene rings is 1. The topological polar surface area (TPSA) is 72.6 Å². The lowest BCUT2D eigenvalue weighted by atomic mass is 10.3. The third-order valence-corrected chi connectivity index (χ3v) is 5.31. The van der Waals surface area contributed by atoms with Crippen LogP contribution in [0.15, 0.2) is 23.1 Å². The van der Waals surface area contributed by atoms with Crippen molar-refractivity contribution in [3.8, 4) is 0 Å². The SMILES string of the molecule is CN(C1CCOC1)S(=O)(=O)c1ccc(Cl)c(N)c1. The highest BCUT2D eigenvalue weighted by molar-refractivity contribution is 7.89. The third kappa shape index (κ3) is 2.47. The van der Waals surface area contributed by atoms with Crippen LogP contribution in [0.1, 0.15) is 6.42 Å². The molecule has 100 valence electrons. The largest absolute Gasteiger partial charge is 0.397 e. The van der Waals surface area contributed by atoms with Gasteiger partial charge in [-0.3, -0.25) is 0 Å². The summed E-state index contributed by atoms with van der Waals surface area (Å²) in [5, 5.41) is 0.348. The van der Waals surface area contributed by atoms with Crippen molar-refractivity contribution in [1.82, 2.24) is 4.31 Å². The second kappa shape index (κ2) is 5.05. The number of anilines is 1. The van der Waals surface area contributed by atoms with Crippen molar-refractivity contribution in [2.24, 2.45) is 0 Å². The lowest BCUT2D eigenvalue weighted by Gasteiger charge is -2.22. The number of likely N-dealkylation sites (N-methyl/N-ethyl adjacent to an activating group) is 1. The summed E-state index contributed by atoms with van der Waals surface area (Å²) >= 11 is 5.78. The standard InChI is InChI=1S/C11H15ClN2O3S/c1-14(8-4-5-17-7-8)18(15,16)9-2-3-10(12)11(13)6-9/h2-3,6,8H,4-5,7,13H2,1H3. The first-order valence-corrected chi connectivity index (χ1v) is 7.35. The minimum atomic E-state index is -3.55. The maximum Gasteiger partial charge on any atom is 0.243 e. The molecule has 18 heavy (non-hydrogen) atoms. The summed E-state index contributed by atoms with van der Waals surface area (Å²) in [5.74, 6) is 0. The van der Waals surface area contributed by atoms with Gasteiger partial charge in [0.1, 0.15) is 0 Å². The Balaban J connectivity index is 2.32. The van der Waals surface area contributed by atoms with Gasteiger partial charge in [0.25, 0.3) is 0 Å². The lowest BCUT2D eigenvalue weighted by Crippen LogP contribution is -2.37. The van der Waals surface area contributed by atoms with Gasteiger partial charge in [-0.25, -0.2) is 8.42 Å². The van der Waals surface area contributed by atoms with E-state index < -0.39 is 10.0 Å². The summed E-state index contributed by atoms with van der Waals surface area (Å²) in [6.45, 7) is 1.02. The lowest BCUT2D eigenvalue weighted by molar-refractivity contribution is 0.181. The molecule has 0 aliphatic carbocycles. The summed E-state index contributed by atoms with van der Waals surface area (Å²) in [4.78, 5) is 0.152. The van der Waals surface area contributed by atoms with Crippen LogP contribution in [0.5, 0.6) is 0 Å². The van der Waals surface area contributed by atoms with Gasteiger partial charge in [0.2, 0.25) is 10.0 Å². The Morgan fingerprint density at radius 2 is 2.22 bits per heavy atom. The highest BCUT2D eigenvalue weighted by Crippen LogP contribution is 2.26. The van der Waals surface area contributed by atoms with Crippen LogP contribution < -0.4 is 5.73 Å². The van der Waals surface area contributed by atoms with Crippen LogP contribution in [0.2, 0.25) is 5.02 Å². The molecule has 0 aromatic heterocycles. The average molecular weight is 291 g/mol. The van der Waals surface area contributed by atoms with Crippen molar-refractivity contribution < 1.29 is 13.2 Å². The van der Waals surface area contributed by atoms with Gasteiger partial charge in [-0.1, -0.05) is 11.6 Å². The molecule has 1 aliphatic rings. The van der Waals surface area contributed by atoms with E-state index in [1.165, 1.54) is 22.5 Å². The summed E-state index contributed by atoms with van der Waals surface area (Å²) < 4.78 is 31.2. The highest BCUT2D eigenvalue weighted by Gasteiger charge is 2.30. The zero-order chi connectivity index (χ0) is 13.3. The number of nitrogens with zero attached hydrogens (tertiary/aromatic N) is 1.